The molecule has 0 atom stereocenters. The van der Waals surface area contributed by atoms with Gasteiger partial charge in [0.1, 0.15) is 0 Å². The van der Waals surface area contributed by atoms with Gasteiger partial charge in [0.25, 0.3) is 0 Å². The van der Waals surface area contributed by atoms with Crippen LogP contribution in [0.5, 0.6) is 0 Å². The molecule has 0 saturated carbocycles. The molecule has 0 fully saturated rings. The van der Waals surface area contributed by atoms with Crippen molar-refractivity contribution in [3.05, 3.63) is 47.3 Å². The summed E-state index contributed by atoms with van der Waals surface area (Å²) >= 11 is 1.68. The molecule has 1 aromatic carbocycles. The molecule has 0 spiro atoms. The topological polar surface area (TPSA) is 54.7 Å². The molecule has 3 aromatic rings. The average Bonchev–Trinajstić information content (AvgIpc) is 3.07. The van der Waals surface area contributed by atoms with Crippen LogP contribution in [-0.4, -0.2) is 10.2 Å². The third kappa shape index (κ3) is 2.04. The average molecular weight is 269 g/mol. The van der Waals surface area contributed by atoms with E-state index in [1.165, 1.54) is 11.1 Å². The Bertz CT molecular complexity index is 683. The quantitative estimate of drug-likeness (QED) is 0.756. The van der Waals surface area contributed by atoms with Gasteiger partial charge in [-0.2, -0.15) is 5.10 Å². The van der Waals surface area contributed by atoms with Gasteiger partial charge in [-0.3, -0.25) is 5.10 Å². The minimum Gasteiger partial charge on any atom is -0.382 e. The summed E-state index contributed by atoms with van der Waals surface area (Å²) in [5.41, 5.74) is 10.5. The van der Waals surface area contributed by atoms with Crippen LogP contribution in [0, 0.1) is 0 Å². The summed E-state index contributed by atoms with van der Waals surface area (Å²) < 4.78 is 0. The van der Waals surface area contributed by atoms with Gasteiger partial charge in [-0.1, -0.05) is 37.3 Å². The second-order valence-electron chi connectivity index (χ2n) is 4.35. The largest absolute Gasteiger partial charge is 0.382 e. The van der Waals surface area contributed by atoms with E-state index in [0.29, 0.717) is 5.82 Å². The predicted molar refractivity (Wildman–Crippen MR) is 81.1 cm³/mol. The van der Waals surface area contributed by atoms with Gasteiger partial charge in [0, 0.05) is 10.4 Å². The van der Waals surface area contributed by atoms with Crippen molar-refractivity contribution in [1.82, 2.24) is 10.2 Å². The van der Waals surface area contributed by atoms with E-state index >= 15 is 0 Å². The molecule has 0 bridgehead atoms. The normalized spacial score (nSPS) is 10.8. The zero-order valence-corrected chi connectivity index (χ0v) is 11.5. The summed E-state index contributed by atoms with van der Waals surface area (Å²) in [4.78, 5) is 1.15. The molecular weight excluding hydrogens is 254 g/mol. The number of aromatic nitrogens is 2. The zero-order valence-electron chi connectivity index (χ0n) is 10.7. The third-order valence-corrected chi connectivity index (χ3v) is 4.12. The molecule has 0 aliphatic carbocycles. The number of nitrogens with two attached hydrogens (primary N) is 1. The van der Waals surface area contributed by atoms with Crippen LogP contribution in [0.25, 0.3) is 21.7 Å². The van der Waals surface area contributed by atoms with Gasteiger partial charge in [-0.15, -0.1) is 11.3 Å². The highest BCUT2D eigenvalue weighted by atomic mass is 32.1. The molecule has 3 N–H and O–H groups in total. The highest BCUT2D eigenvalue weighted by molar-refractivity contribution is 7.13. The first kappa shape index (κ1) is 12.0. The third-order valence-electron chi connectivity index (χ3n) is 3.23. The molecular formula is C15H15N3S. The van der Waals surface area contributed by atoms with E-state index < -0.39 is 0 Å². The number of aryl methyl sites for hydroxylation is 1. The highest BCUT2D eigenvalue weighted by Crippen LogP contribution is 2.38. The fourth-order valence-corrected chi connectivity index (χ4v) is 3.08. The predicted octanol–water partition coefficient (Wildman–Crippen LogP) is 3.95. The Morgan fingerprint density at radius 3 is 2.79 bits per heavy atom. The lowest BCUT2D eigenvalue weighted by Gasteiger charge is -2.07. The van der Waals surface area contributed by atoms with Crippen molar-refractivity contribution < 1.29 is 0 Å². The van der Waals surface area contributed by atoms with Gasteiger partial charge < -0.3 is 5.73 Å². The zero-order chi connectivity index (χ0) is 13.2. The maximum Gasteiger partial charge on any atom is 0.154 e. The molecule has 2 heterocycles. The molecule has 19 heavy (non-hydrogen) atoms. The van der Waals surface area contributed by atoms with Gasteiger partial charge in [-0.05, 0) is 23.4 Å². The smallest absolute Gasteiger partial charge is 0.154 e. The van der Waals surface area contributed by atoms with Crippen LogP contribution in [-0.2, 0) is 6.42 Å². The summed E-state index contributed by atoms with van der Waals surface area (Å²) in [6, 6.07) is 12.5. The van der Waals surface area contributed by atoms with E-state index in [9.17, 15) is 0 Å². The molecule has 96 valence electrons. The van der Waals surface area contributed by atoms with Crippen LogP contribution in [0.3, 0.4) is 0 Å². The van der Waals surface area contributed by atoms with Crippen molar-refractivity contribution in [3.8, 4) is 21.7 Å². The van der Waals surface area contributed by atoms with Crippen LogP contribution in [0.4, 0.5) is 5.82 Å². The Morgan fingerprint density at radius 2 is 2.05 bits per heavy atom. The van der Waals surface area contributed by atoms with Crippen molar-refractivity contribution in [2.45, 2.75) is 13.3 Å². The van der Waals surface area contributed by atoms with Crippen LogP contribution in [0.2, 0.25) is 0 Å². The number of anilines is 1. The van der Waals surface area contributed by atoms with Crippen molar-refractivity contribution in [2.75, 3.05) is 5.73 Å². The molecule has 3 rings (SSSR count). The molecule has 0 amide bonds. The van der Waals surface area contributed by atoms with Gasteiger partial charge in [0.2, 0.25) is 0 Å². The van der Waals surface area contributed by atoms with Crippen molar-refractivity contribution in [1.29, 1.82) is 0 Å². The minimum absolute atomic E-state index is 0.559. The number of nitrogens with zero attached hydrogens (tertiary/aromatic N) is 1. The second-order valence-corrected chi connectivity index (χ2v) is 5.29. The number of benzene rings is 1. The van der Waals surface area contributed by atoms with E-state index in [4.69, 9.17) is 5.73 Å². The first-order valence-corrected chi connectivity index (χ1v) is 7.15. The fraction of sp³-hybridized carbons (Fsp3) is 0.133. The molecule has 3 nitrogen and oxygen atoms in total. The maximum absolute atomic E-state index is 6.03. The lowest BCUT2D eigenvalue weighted by molar-refractivity contribution is 1.09. The molecule has 0 saturated heterocycles. The van der Waals surface area contributed by atoms with Crippen LogP contribution >= 0.6 is 11.3 Å². The SMILES string of the molecule is CCc1ccccc1-c1[nH]nc(N)c1-c1cccs1. The summed E-state index contributed by atoms with van der Waals surface area (Å²) in [5.74, 6) is 0.559. The van der Waals surface area contributed by atoms with Crippen LogP contribution in [0.1, 0.15) is 12.5 Å². The minimum atomic E-state index is 0.559. The van der Waals surface area contributed by atoms with Gasteiger partial charge in [0.15, 0.2) is 5.82 Å². The van der Waals surface area contributed by atoms with Gasteiger partial charge >= 0.3 is 0 Å². The number of rotatable bonds is 3. The number of H-pyrrole nitrogens is 1. The van der Waals surface area contributed by atoms with Crippen LogP contribution < -0.4 is 5.73 Å². The first-order chi connectivity index (χ1) is 9.31. The molecule has 0 radical (unpaired) electrons. The summed E-state index contributed by atoms with van der Waals surface area (Å²) in [6.45, 7) is 2.16. The Labute approximate surface area is 116 Å². The number of nitrogens with one attached hydrogen (secondary N) is 1. The lowest BCUT2D eigenvalue weighted by Crippen LogP contribution is -1.90. The Hall–Kier alpha value is -2.07. The number of aromatic amines is 1. The molecule has 0 unspecified atom stereocenters. The van der Waals surface area contributed by atoms with E-state index in [2.05, 4.69) is 46.8 Å². The van der Waals surface area contributed by atoms with E-state index in [0.717, 1.165) is 22.6 Å². The lowest BCUT2D eigenvalue weighted by atomic mass is 9.99. The first-order valence-electron chi connectivity index (χ1n) is 6.27. The molecule has 0 aliphatic heterocycles. The standard InChI is InChI=1S/C15H15N3S/c1-2-10-6-3-4-7-11(10)14-13(15(16)18-17-14)12-8-5-9-19-12/h3-9H,2H2,1H3,(H3,16,17,18). The number of nitrogen functional groups attached to an aromatic ring is 1. The highest BCUT2D eigenvalue weighted by Gasteiger charge is 2.16. The van der Waals surface area contributed by atoms with Crippen LogP contribution in [0.15, 0.2) is 41.8 Å². The summed E-state index contributed by atoms with van der Waals surface area (Å²) in [5, 5.41) is 9.32. The molecule has 0 aliphatic rings. The van der Waals surface area contributed by atoms with Crippen molar-refractivity contribution in [3.63, 3.8) is 0 Å². The van der Waals surface area contributed by atoms with E-state index in [1.807, 2.05) is 12.1 Å². The Morgan fingerprint density at radius 1 is 1.21 bits per heavy atom. The Balaban J connectivity index is 2.22. The maximum atomic E-state index is 6.03. The van der Waals surface area contributed by atoms with Crippen molar-refractivity contribution in [2.24, 2.45) is 0 Å². The van der Waals surface area contributed by atoms with Gasteiger partial charge in [0.05, 0.1) is 11.3 Å². The van der Waals surface area contributed by atoms with E-state index in [-0.39, 0.29) is 0 Å². The monoisotopic (exact) mass is 269 g/mol. The number of hydrogen-bond donors (Lipinski definition) is 2. The molecule has 2 aromatic heterocycles. The second kappa shape index (κ2) is 4.90. The number of thiophene rings is 1. The number of hydrogen-bond acceptors (Lipinski definition) is 3. The fourth-order valence-electron chi connectivity index (χ4n) is 2.29. The van der Waals surface area contributed by atoms with Crippen molar-refractivity contribution >= 4 is 17.2 Å². The molecule has 4 heteroatoms. The van der Waals surface area contributed by atoms with Gasteiger partial charge in [-0.25, -0.2) is 0 Å². The Kier molecular flexibility index (Phi) is 3.09. The summed E-state index contributed by atoms with van der Waals surface area (Å²) in [6.07, 6.45) is 0.985. The van der Waals surface area contributed by atoms with E-state index in [1.54, 1.807) is 11.3 Å². The summed E-state index contributed by atoms with van der Waals surface area (Å²) in [7, 11) is 0.